The third-order valence-electron chi connectivity index (χ3n) is 4.01. The van der Waals surface area contributed by atoms with Crippen LogP contribution >= 0.6 is 15.9 Å². The molecule has 0 spiro atoms. The SMILES string of the molecule is Cc1cc(Br)ccc1NC(=O)Cn1c(=O)n(C)c(=O)c2ccccc21. The summed E-state index contributed by atoms with van der Waals surface area (Å²) in [5.74, 6) is -0.337. The van der Waals surface area contributed by atoms with Crippen molar-refractivity contribution in [1.82, 2.24) is 9.13 Å². The number of hydrogen-bond acceptors (Lipinski definition) is 3. The maximum atomic E-state index is 12.4. The predicted octanol–water partition coefficient (Wildman–Crippen LogP) is 2.41. The molecule has 25 heavy (non-hydrogen) atoms. The fourth-order valence-electron chi connectivity index (χ4n) is 2.69. The van der Waals surface area contributed by atoms with Crippen molar-refractivity contribution in [3.63, 3.8) is 0 Å². The minimum Gasteiger partial charge on any atom is -0.324 e. The van der Waals surface area contributed by atoms with Crippen molar-refractivity contribution < 1.29 is 4.79 Å². The zero-order valence-electron chi connectivity index (χ0n) is 13.7. The van der Waals surface area contributed by atoms with E-state index in [-0.39, 0.29) is 18.0 Å². The molecule has 128 valence electrons. The van der Waals surface area contributed by atoms with Gasteiger partial charge in [0.15, 0.2) is 0 Å². The van der Waals surface area contributed by atoms with Crippen molar-refractivity contribution in [3.05, 3.63) is 73.3 Å². The molecule has 1 N–H and O–H groups in total. The molecule has 1 heterocycles. The van der Waals surface area contributed by atoms with Gasteiger partial charge in [0.1, 0.15) is 6.54 Å². The topological polar surface area (TPSA) is 73.1 Å². The first-order valence-electron chi connectivity index (χ1n) is 7.63. The van der Waals surface area contributed by atoms with Gasteiger partial charge in [0, 0.05) is 17.2 Å². The molecule has 0 unspecified atom stereocenters. The largest absolute Gasteiger partial charge is 0.331 e. The Morgan fingerprint density at radius 1 is 1.16 bits per heavy atom. The van der Waals surface area contributed by atoms with Crippen LogP contribution in [0.5, 0.6) is 0 Å². The van der Waals surface area contributed by atoms with E-state index in [9.17, 15) is 14.4 Å². The molecule has 1 aromatic heterocycles. The lowest BCUT2D eigenvalue weighted by molar-refractivity contribution is -0.116. The summed E-state index contributed by atoms with van der Waals surface area (Å²) in [6.07, 6.45) is 0. The molecule has 0 fully saturated rings. The Kier molecular flexibility index (Phi) is 4.59. The molecule has 7 heteroatoms. The summed E-state index contributed by atoms with van der Waals surface area (Å²) in [4.78, 5) is 37.1. The number of aryl methyl sites for hydroxylation is 1. The Hall–Kier alpha value is -2.67. The average Bonchev–Trinajstić information content (AvgIpc) is 2.59. The Morgan fingerprint density at radius 3 is 2.60 bits per heavy atom. The van der Waals surface area contributed by atoms with Crippen LogP contribution in [0.4, 0.5) is 5.69 Å². The maximum absolute atomic E-state index is 12.4. The first-order chi connectivity index (χ1) is 11.9. The summed E-state index contributed by atoms with van der Waals surface area (Å²) in [5.41, 5.74) is 1.13. The molecule has 0 bridgehead atoms. The van der Waals surface area contributed by atoms with Crippen molar-refractivity contribution in [3.8, 4) is 0 Å². The van der Waals surface area contributed by atoms with E-state index in [1.165, 1.54) is 11.6 Å². The third kappa shape index (κ3) is 3.28. The zero-order chi connectivity index (χ0) is 18.1. The third-order valence-corrected chi connectivity index (χ3v) is 4.51. The summed E-state index contributed by atoms with van der Waals surface area (Å²) in [6.45, 7) is 1.71. The van der Waals surface area contributed by atoms with Crippen LogP contribution in [-0.2, 0) is 18.4 Å². The molecule has 0 aliphatic heterocycles. The van der Waals surface area contributed by atoms with Gasteiger partial charge in [-0.05, 0) is 42.8 Å². The molecule has 0 radical (unpaired) electrons. The molecular formula is C18H16BrN3O3. The number of fused-ring (bicyclic) bond motifs is 1. The lowest BCUT2D eigenvalue weighted by atomic mass is 10.2. The quantitative estimate of drug-likeness (QED) is 0.732. The molecule has 0 saturated carbocycles. The highest BCUT2D eigenvalue weighted by Crippen LogP contribution is 2.20. The molecule has 0 saturated heterocycles. The van der Waals surface area contributed by atoms with Gasteiger partial charge < -0.3 is 5.32 Å². The molecule has 3 aromatic rings. The smallest absolute Gasteiger partial charge is 0.324 e. The highest BCUT2D eigenvalue weighted by molar-refractivity contribution is 9.10. The molecule has 0 aliphatic rings. The van der Waals surface area contributed by atoms with Gasteiger partial charge in [-0.15, -0.1) is 0 Å². The number of nitrogens with zero attached hydrogens (tertiary/aromatic N) is 2. The minimum atomic E-state index is -0.522. The van der Waals surface area contributed by atoms with Crippen LogP contribution in [0.2, 0.25) is 0 Å². The first-order valence-corrected chi connectivity index (χ1v) is 8.42. The van der Waals surface area contributed by atoms with Crippen LogP contribution in [0.15, 0.2) is 56.5 Å². The summed E-state index contributed by atoms with van der Waals surface area (Å²) >= 11 is 3.38. The fraction of sp³-hybridized carbons (Fsp3) is 0.167. The average molecular weight is 402 g/mol. The van der Waals surface area contributed by atoms with Gasteiger partial charge in [0.25, 0.3) is 5.56 Å². The standard InChI is InChI=1S/C18H16BrN3O3/c1-11-9-12(19)7-8-14(11)20-16(23)10-22-15-6-4-3-5-13(15)17(24)21(2)18(22)25/h3-9H,10H2,1-2H3,(H,20,23). The van der Waals surface area contributed by atoms with Gasteiger partial charge in [-0.3, -0.25) is 18.7 Å². The van der Waals surface area contributed by atoms with E-state index in [1.54, 1.807) is 30.3 Å². The monoisotopic (exact) mass is 401 g/mol. The number of rotatable bonds is 3. The molecule has 2 aromatic carbocycles. The van der Waals surface area contributed by atoms with Crippen LogP contribution in [0.1, 0.15) is 5.56 Å². The van der Waals surface area contributed by atoms with E-state index in [2.05, 4.69) is 21.2 Å². The van der Waals surface area contributed by atoms with E-state index in [0.717, 1.165) is 14.6 Å². The highest BCUT2D eigenvalue weighted by atomic mass is 79.9. The van der Waals surface area contributed by atoms with Gasteiger partial charge in [0.2, 0.25) is 5.91 Å². The number of nitrogens with one attached hydrogen (secondary N) is 1. The fourth-order valence-corrected chi connectivity index (χ4v) is 3.17. The van der Waals surface area contributed by atoms with Crippen molar-refractivity contribution in [2.45, 2.75) is 13.5 Å². The van der Waals surface area contributed by atoms with Crippen LogP contribution in [-0.4, -0.2) is 15.0 Å². The summed E-state index contributed by atoms with van der Waals surface area (Å²) < 4.78 is 3.24. The van der Waals surface area contributed by atoms with Gasteiger partial charge in [-0.2, -0.15) is 0 Å². The zero-order valence-corrected chi connectivity index (χ0v) is 15.3. The van der Waals surface area contributed by atoms with E-state index < -0.39 is 5.69 Å². The summed E-state index contributed by atoms with van der Waals surface area (Å²) in [5, 5.41) is 3.21. The van der Waals surface area contributed by atoms with Gasteiger partial charge in [-0.1, -0.05) is 28.1 Å². The second-order valence-electron chi connectivity index (χ2n) is 5.76. The second-order valence-corrected chi connectivity index (χ2v) is 6.67. The van der Waals surface area contributed by atoms with Gasteiger partial charge in [0.05, 0.1) is 10.9 Å². The Bertz CT molecular complexity index is 1100. The summed E-state index contributed by atoms with van der Waals surface area (Å²) in [7, 11) is 1.41. The van der Waals surface area contributed by atoms with Gasteiger partial charge in [-0.25, -0.2) is 4.79 Å². The van der Waals surface area contributed by atoms with E-state index in [4.69, 9.17) is 0 Å². The molecule has 6 nitrogen and oxygen atoms in total. The van der Waals surface area contributed by atoms with Crippen molar-refractivity contribution >= 4 is 38.4 Å². The lowest BCUT2D eigenvalue weighted by Crippen LogP contribution is -2.40. The Balaban J connectivity index is 1.99. The molecule has 3 rings (SSSR count). The summed E-state index contributed by atoms with van der Waals surface area (Å²) in [6, 6.07) is 12.3. The van der Waals surface area contributed by atoms with E-state index in [1.807, 2.05) is 19.1 Å². The number of amides is 1. The van der Waals surface area contributed by atoms with Crippen molar-refractivity contribution in [2.75, 3.05) is 5.32 Å². The second kappa shape index (κ2) is 6.68. The van der Waals surface area contributed by atoms with Crippen molar-refractivity contribution in [2.24, 2.45) is 7.05 Å². The number of anilines is 1. The van der Waals surface area contributed by atoms with Crippen molar-refractivity contribution in [1.29, 1.82) is 0 Å². The molecule has 0 atom stereocenters. The number of halogens is 1. The minimum absolute atomic E-state index is 0.178. The predicted molar refractivity (Wildman–Crippen MR) is 101 cm³/mol. The number of benzene rings is 2. The molecule has 0 aliphatic carbocycles. The Morgan fingerprint density at radius 2 is 1.88 bits per heavy atom. The number of carbonyl (C=O) groups is 1. The van der Waals surface area contributed by atoms with E-state index >= 15 is 0 Å². The molecule has 1 amide bonds. The number of aromatic nitrogens is 2. The number of carbonyl (C=O) groups excluding carboxylic acids is 1. The Labute approximate surface area is 151 Å². The van der Waals surface area contributed by atoms with Crippen LogP contribution in [0.3, 0.4) is 0 Å². The maximum Gasteiger partial charge on any atom is 0.331 e. The van der Waals surface area contributed by atoms with Crippen LogP contribution < -0.4 is 16.6 Å². The van der Waals surface area contributed by atoms with Crippen LogP contribution in [0.25, 0.3) is 10.9 Å². The van der Waals surface area contributed by atoms with Crippen LogP contribution in [0, 0.1) is 6.92 Å². The lowest BCUT2D eigenvalue weighted by Gasteiger charge is -2.13. The highest BCUT2D eigenvalue weighted by Gasteiger charge is 2.13. The normalized spacial score (nSPS) is 10.8. The first kappa shape index (κ1) is 17.2. The molecular weight excluding hydrogens is 386 g/mol. The van der Waals surface area contributed by atoms with E-state index in [0.29, 0.717) is 16.6 Å². The number of hydrogen-bond donors (Lipinski definition) is 1. The van der Waals surface area contributed by atoms with Gasteiger partial charge >= 0.3 is 5.69 Å². The number of para-hydroxylation sites is 1.